The molecule has 3 atom stereocenters. The Bertz CT molecular complexity index is 1380. The second-order valence-corrected chi connectivity index (χ2v) is 12.2. The van der Waals surface area contributed by atoms with Crippen LogP contribution in [0.4, 0.5) is 0 Å². The number of para-hydroxylation sites is 1. The van der Waals surface area contributed by atoms with Crippen LogP contribution in [0.15, 0.2) is 42.5 Å². The van der Waals surface area contributed by atoms with Gasteiger partial charge in [-0.2, -0.15) is 0 Å². The molecule has 7 heteroatoms. The number of thiazole rings is 1. The summed E-state index contributed by atoms with van der Waals surface area (Å²) in [5.41, 5.74) is 4.03. The summed E-state index contributed by atoms with van der Waals surface area (Å²) in [6, 6.07) is 13.9. The molecule has 2 fully saturated rings. The van der Waals surface area contributed by atoms with Crippen molar-refractivity contribution in [2.24, 2.45) is 11.8 Å². The molecule has 3 aliphatic rings. The molecule has 0 unspecified atom stereocenters. The molecular formula is C29H31N3O3S. The molecule has 36 heavy (non-hydrogen) atoms. The minimum atomic E-state index is -0.310. The van der Waals surface area contributed by atoms with Crippen molar-refractivity contribution >= 4 is 23.2 Å². The van der Waals surface area contributed by atoms with Gasteiger partial charge in [-0.05, 0) is 63.1 Å². The van der Waals surface area contributed by atoms with Gasteiger partial charge in [0.25, 0.3) is 11.8 Å². The summed E-state index contributed by atoms with van der Waals surface area (Å²) in [5, 5.41) is 4.00. The molecule has 1 aliphatic carbocycles. The van der Waals surface area contributed by atoms with Gasteiger partial charge in [-0.15, -0.1) is 11.3 Å². The van der Waals surface area contributed by atoms with E-state index in [1.807, 2.05) is 56.0 Å². The highest BCUT2D eigenvalue weighted by atomic mass is 32.1. The lowest BCUT2D eigenvalue weighted by molar-refractivity contribution is 0.0689. The molecule has 1 N–H and O–H groups in total. The van der Waals surface area contributed by atoms with Gasteiger partial charge in [0.2, 0.25) is 0 Å². The summed E-state index contributed by atoms with van der Waals surface area (Å²) >= 11 is 1.56. The molecule has 6 nitrogen and oxygen atoms in total. The van der Waals surface area contributed by atoms with Crippen molar-refractivity contribution in [2.45, 2.75) is 52.2 Å². The molecule has 0 spiro atoms. The topological polar surface area (TPSA) is 71.5 Å². The number of carbonyl (C=O) groups is 2. The quantitative estimate of drug-likeness (QED) is 0.532. The Morgan fingerprint density at radius 3 is 2.81 bits per heavy atom. The SMILES string of the molecule is Cc1cccc(-c2sc(C)nc2C(=O)N2C[C@H]3C[C@H]3[C@H]2CNC(=O)c2cccc3c2OC(C)(C)C3)c1. The van der Waals surface area contributed by atoms with Crippen molar-refractivity contribution in [1.29, 1.82) is 0 Å². The van der Waals surface area contributed by atoms with Crippen molar-refractivity contribution in [3.05, 3.63) is 69.9 Å². The molecular weight excluding hydrogens is 470 g/mol. The van der Waals surface area contributed by atoms with Crippen LogP contribution in [0, 0.1) is 25.7 Å². The number of piperidine rings is 1. The summed E-state index contributed by atoms with van der Waals surface area (Å²) in [7, 11) is 0. The molecule has 2 aliphatic heterocycles. The van der Waals surface area contributed by atoms with Crippen LogP contribution in [-0.2, 0) is 6.42 Å². The van der Waals surface area contributed by atoms with Gasteiger partial charge in [0, 0.05) is 19.5 Å². The van der Waals surface area contributed by atoms with Crippen LogP contribution >= 0.6 is 11.3 Å². The van der Waals surface area contributed by atoms with Crippen LogP contribution in [0.5, 0.6) is 5.75 Å². The number of amides is 2. The number of hydrogen-bond donors (Lipinski definition) is 1. The lowest BCUT2D eigenvalue weighted by atomic mass is 10.0. The fourth-order valence-corrected chi connectivity index (χ4v) is 6.75. The lowest BCUT2D eigenvalue weighted by Crippen LogP contribution is -2.45. The number of ether oxygens (including phenoxy) is 1. The van der Waals surface area contributed by atoms with Gasteiger partial charge in [-0.25, -0.2) is 4.98 Å². The first-order valence-electron chi connectivity index (χ1n) is 12.6. The molecule has 1 aromatic heterocycles. The lowest BCUT2D eigenvalue weighted by Gasteiger charge is -2.27. The van der Waals surface area contributed by atoms with Gasteiger partial charge in [-0.3, -0.25) is 9.59 Å². The zero-order chi connectivity index (χ0) is 25.2. The molecule has 6 rings (SSSR count). The van der Waals surface area contributed by atoms with E-state index in [1.165, 1.54) is 0 Å². The van der Waals surface area contributed by atoms with Gasteiger partial charge in [0.15, 0.2) is 0 Å². The summed E-state index contributed by atoms with van der Waals surface area (Å²) in [4.78, 5) is 34.5. The summed E-state index contributed by atoms with van der Waals surface area (Å²) in [5.74, 6) is 1.46. The van der Waals surface area contributed by atoms with E-state index in [0.717, 1.165) is 46.0 Å². The van der Waals surface area contributed by atoms with E-state index in [2.05, 4.69) is 29.4 Å². The van der Waals surface area contributed by atoms with Crippen LogP contribution in [0.2, 0.25) is 0 Å². The average Bonchev–Trinajstić information content (AvgIpc) is 3.17. The van der Waals surface area contributed by atoms with Crippen LogP contribution in [0.1, 0.15) is 57.2 Å². The highest BCUT2D eigenvalue weighted by Gasteiger charge is 2.54. The maximum Gasteiger partial charge on any atom is 0.274 e. The van der Waals surface area contributed by atoms with E-state index >= 15 is 0 Å². The van der Waals surface area contributed by atoms with Crippen molar-refractivity contribution in [3.63, 3.8) is 0 Å². The van der Waals surface area contributed by atoms with E-state index in [9.17, 15) is 9.59 Å². The van der Waals surface area contributed by atoms with Gasteiger partial charge < -0.3 is 15.0 Å². The van der Waals surface area contributed by atoms with Crippen molar-refractivity contribution < 1.29 is 14.3 Å². The number of benzene rings is 2. The number of rotatable bonds is 5. The Labute approximate surface area is 215 Å². The van der Waals surface area contributed by atoms with E-state index < -0.39 is 0 Å². The molecule has 2 aromatic carbocycles. The maximum absolute atomic E-state index is 13.8. The Morgan fingerprint density at radius 2 is 2.00 bits per heavy atom. The minimum Gasteiger partial charge on any atom is -0.486 e. The van der Waals surface area contributed by atoms with Crippen molar-refractivity contribution in [3.8, 4) is 16.2 Å². The van der Waals surface area contributed by atoms with Gasteiger partial charge in [0.1, 0.15) is 17.0 Å². The predicted molar refractivity (Wildman–Crippen MR) is 141 cm³/mol. The predicted octanol–water partition coefficient (Wildman–Crippen LogP) is 5.03. The number of likely N-dealkylation sites (tertiary alicyclic amines) is 1. The number of carbonyl (C=O) groups excluding carboxylic acids is 2. The first-order chi connectivity index (χ1) is 17.2. The molecule has 0 radical (unpaired) electrons. The second-order valence-electron chi connectivity index (χ2n) is 11.0. The fraction of sp³-hybridized carbons (Fsp3) is 0.414. The first kappa shape index (κ1) is 23.2. The van der Waals surface area contributed by atoms with Gasteiger partial charge in [0.05, 0.1) is 21.5 Å². The molecule has 2 amide bonds. The van der Waals surface area contributed by atoms with Crippen LogP contribution in [-0.4, -0.2) is 46.4 Å². The fourth-order valence-electron chi connectivity index (χ4n) is 5.84. The Kier molecular flexibility index (Phi) is 5.45. The van der Waals surface area contributed by atoms with Crippen LogP contribution < -0.4 is 10.1 Å². The third-order valence-electron chi connectivity index (χ3n) is 7.59. The first-order valence-corrected chi connectivity index (χ1v) is 13.5. The average molecular weight is 502 g/mol. The molecule has 3 aromatic rings. The molecule has 0 bridgehead atoms. The maximum atomic E-state index is 13.8. The number of aromatic nitrogens is 1. The third-order valence-corrected chi connectivity index (χ3v) is 8.61. The normalized spacial score (nSPS) is 23.1. The molecule has 186 valence electrons. The highest BCUT2D eigenvalue weighted by molar-refractivity contribution is 7.15. The third kappa shape index (κ3) is 4.09. The summed E-state index contributed by atoms with van der Waals surface area (Å²) in [6.45, 7) is 9.24. The largest absolute Gasteiger partial charge is 0.486 e. The van der Waals surface area contributed by atoms with E-state index in [4.69, 9.17) is 4.74 Å². The zero-order valence-electron chi connectivity index (χ0n) is 21.1. The van der Waals surface area contributed by atoms with Crippen LogP contribution in [0.3, 0.4) is 0 Å². The molecule has 3 heterocycles. The molecule has 1 saturated heterocycles. The van der Waals surface area contributed by atoms with Gasteiger partial charge in [-0.1, -0.05) is 42.0 Å². The van der Waals surface area contributed by atoms with E-state index in [-0.39, 0.29) is 23.5 Å². The Balaban J connectivity index is 1.21. The molecule has 1 saturated carbocycles. The number of aryl methyl sites for hydroxylation is 2. The summed E-state index contributed by atoms with van der Waals surface area (Å²) < 4.78 is 6.10. The van der Waals surface area contributed by atoms with E-state index in [0.29, 0.717) is 35.4 Å². The van der Waals surface area contributed by atoms with Crippen molar-refractivity contribution in [2.75, 3.05) is 13.1 Å². The zero-order valence-corrected chi connectivity index (χ0v) is 21.9. The number of nitrogens with one attached hydrogen (secondary N) is 1. The smallest absolute Gasteiger partial charge is 0.274 e. The second kappa shape index (κ2) is 8.44. The Hall–Kier alpha value is -3.19. The number of nitrogens with zero attached hydrogens (tertiary/aromatic N) is 2. The monoisotopic (exact) mass is 501 g/mol. The van der Waals surface area contributed by atoms with Gasteiger partial charge >= 0.3 is 0 Å². The van der Waals surface area contributed by atoms with E-state index in [1.54, 1.807) is 11.3 Å². The number of fused-ring (bicyclic) bond motifs is 2. The van der Waals surface area contributed by atoms with Crippen molar-refractivity contribution in [1.82, 2.24) is 15.2 Å². The standard InChI is InChI=1S/C29H31N3O3S/c1-16-7-5-8-18(11-16)26-24(31-17(2)36-26)28(34)32-15-20-12-22(20)23(32)14-30-27(33)21-10-6-9-19-13-29(3,4)35-25(19)21/h5-11,20,22-23H,12-15H2,1-4H3,(H,30,33)/t20-,22-,23-/m1/s1. The number of hydrogen-bond acceptors (Lipinski definition) is 5. The van der Waals surface area contributed by atoms with Crippen LogP contribution in [0.25, 0.3) is 10.4 Å². The highest BCUT2D eigenvalue weighted by Crippen LogP contribution is 2.50. The minimum absolute atomic E-state index is 0.0204. The Morgan fingerprint density at radius 1 is 1.19 bits per heavy atom. The summed E-state index contributed by atoms with van der Waals surface area (Å²) in [6.07, 6.45) is 1.90.